The highest BCUT2D eigenvalue weighted by Crippen LogP contribution is 2.29. The van der Waals surface area contributed by atoms with Crippen LogP contribution < -0.4 is 14.8 Å². The van der Waals surface area contributed by atoms with E-state index in [-0.39, 0.29) is 16.8 Å². The van der Waals surface area contributed by atoms with Gasteiger partial charge in [-0.3, -0.25) is 10.1 Å². The Labute approximate surface area is 113 Å². The van der Waals surface area contributed by atoms with Crippen LogP contribution in [0, 0.1) is 10.1 Å². The fraction of sp³-hybridized carbons (Fsp3) is 0.375. The van der Waals surface area contributed by atoms with Gasteiger partial charge in [0.25, 0.3) is 15.9 Å². The number of nitrogens with one attached hydrogen (secondary N) is 1. The number of rotatable bonds is 4. The van der Waals surface area contributed by atoms with Crippen molar-refractivity contribution in [3.8, 4) is 0 Å². The molecule has 0 spiro atoms. The Kier molecular flexibility index (Phi) is 3.58. The van der Waals surface area contributed by atoms with E-state index in [1.54, 1.807) is 4.90 Å². The van der Waals surface area contributed by atoms with Gasteiger partial charge in [-0.2, -0.15) is 13.1 Å². The summed E-state index contributed by atoms with van der Waals surface area (Å²) in [6, 6.07) is 0.882. The summed E-state index contributed by atoms with van der Waals surface area (Å²) in [6.45, 7) is 0.696. The van der Waals surface area contributed by atoms with Gasteiger partial charge in [-0.1, -0.05) is 11.6 Å². The van der Waals surface area contributed by atoms with Crippen molar-refractivity contribution in [1.29, 1.82) is 0 Å². The summed E-state index contributed by atoms with van der Waals surface area (Å²) >= 11 is 5.89. The second kappa shape index (κ2) is 4.89. The van der Waals surface area contributed by atoms with Crippen LogP contribution in [0.5, 0.6) is 0 Å². The molecule has 9 nitrogen and oxygen atoms in total. The molecule has 1 fully saturated rings. The third-order valence-corrected chi connectivity index (χ3v) is 3.47. The minimum absolute atomic E-state index is 0.142. The number of nitro groups is 1. The molecule has 11 heteroatoms. The summed E-state index contributed by atoms with van der Waals surface area (Å²) in [5.74, 6) is 0.375. The predicted octanol–water partition coefficient (Wildman–Crippen LogP) is -0.375. The Hall–Kier alpha value is -1.49. The molecular formula is C8H10ClN5O4S. The van der Waals surface area contributed by atoms with E-state index in [0.29, 0.717) is 18.9 Å². The number of nitrogens with zero attached hydrogens (tertiary/aromatic N) is 3. The monoisotopic (exact) mass is 307 g/mol. The quantitative estimate of drug-likeness (QED) is 0.576. The first-order chi connectivity index (χ1) is 8.76. The number of anilines is 1. The lowest BCUT2D eigenvalue weighted by molar-refractivity contribution is -0.385. The molecule has 0 bridgehead atoms. The van der Waals surface area contributed by atoms with Gasteiger partial charge >= 0.3 is 0 Å². The van der Waals surface area contributed by atoms with E-state index < -0.39 is 15.1 Å². The fourth-order valence-corrected chi connectivity index (χ4v) is 2.61. The fourth-order valence-electron chi connectivity index (χ4n) is 1.71. The van der Waals surface area contributed by atoms with E-state index in [2.05, 4.69) is 9.71 Å². The molecule has 0 aliphatic carbocycles. The largest absolute Gasteiger partial charge is 0.352 e. The highest BCUT2D eigenvalue weighted by molar-refractivity contribution is 7.87. The lowest BCUT2D eigenvalue weighted by atomic mass is 10.1. The number of pyridine rings is 1. The van der Waals surface area contributed by atoms with E-state index in [1.807, 2.05) is 0 Å². The number of halogens is 1. The summed E-state index contributed by atoms with van der Waals surface area (Å²) in [4.78, 5) is 15.5. The van der Waals surface area contributed by atoms with Crippen molar-refractivity contribution >= 4 is 33.3 Å². The molecule has 2 rings (SSSR count). The van der Waals surface area contributed by atoms with E-state index in [4.69, 9.17) is 16.7 Å². The number of aromatic nitrogens is 1. The van der Waals surface area contributed by atoms with Crippen LogP contribution in [0.3, 0.4) is 0 Å². The molecule has 19 heavy (non-hydrogen) atoms. The smallest absolute Gasteiger partial charge is 0.289 e. The number of nitrogens with two attached hydrogens (primary N) is 1. The van der Waals surface area contributed by atoms with Crippen molar-refractivity contribution in [3.05, 3.63) is 27.4 Å². The van der Waals surface area contributed by atoms with Gasteiger partial charge in [-0.05, 0) is 0 Å². The van der Waals surface area contributed by atoms with Gasteiger partial charge in [0.05, 0.1) is 16.0 Å². The SMILES string of the molecule is NS(=O)(=O)NC1CN(c2ncc([N+](=O)[O-])cc2Cl)C1. The summed E-state index contributed by atoms with van der Waals surface area (Å²) < 4.78 is 23.8. The molecule has 0 saturated carbocycles. The lowest BCUT2D eigenvalue weighted by Crippen LogP contribution is -2.60. The lowest BCUT2D eigenvalue weighted by Gasteiger charge is -2.40. The molecule has 1 saturated heterocycles. The second-order valence-electron chi connectivity index (χ2n) is 4.02. The third-order valence-electron chi connectivity index (χ3n) is 2.53. The topological polar surface area (TPSA) is 131 Å². The van der Waals surface area contributed by atoms with E-state index >= 15 is 0 Å². The van der Waals surface area contributed by atoms with Crippen LogP contribution in [0.25, 0.3) is 0 Å². The molecule has 0 unspecified atom stereocenters. The summed E-state index contributed by atoms with van der Waals surface area (Å²) in [6.07, 6.45) is 1.10. The molecule has 0 atom stereocenters. The molecule has 0 radical (unpaired) electrons. The van der Waals surface area contributed by atoms with Crippen molar-refractivity contribution in [2.75, 3.05) is 18.0 Å². The molecular weight excluding hydrogens is 298 g/mol. The molecule has 2 heterocycles. The Bertz CT molecular complexity index is 616. The van der Waals surface area contributed by atoms with Crippen molar-refractivity contribution in [3.63, 3.8) is 0 Å². The maximum atomic E-state index is 10.8. The Morgan fingerprint density at radius 1 is 1.58 bits per heavy atom. The van der Waals surface area contributed by atoms with Crippen molar-refractivity contribution in [2.45, 2.75) is 6.04 Å². The minimum Gasteiger partial charge on any atom is -0.352 e. The number of hydrogen-bond acceptors (Lipinski definition) is 6. The Morgan fingerprint density at radius 3 is 2.68 bits per heavy atom. The van der Waals surface area contributed by atoms with Gasteiger partial charge in [-0.25, -0.2) is 10.1 Å². The van der Waals surface area contributed by atoms with Crippen LogP contribution in [0.4, 0.5) is 11.5 Å². The molecule has 104 valence electrons. The van der Waals surface area contributed by atoms with Crippen LogP contribution in [0.2, 0.25) is 5.02 Å². The van der Waals surface area contributed by atoms with E-state index in [1.165, 1.54) is 6.07 Å². The number of hydrogen-bond donors (Lipinski definition) is 2. The van der Waals surface area contributed by atoms with Crippen molar-refractivity contribution in [1.82, 2.24) is 9.71 Å². The van der Waals surface area contributed by atoms with Crippen LogP contribution in [-0.4, -0.2) is 37.5 Å². The van der Waals surface area contributed by atoms with Gasteiger partial charge < -0.3 is 4.90 Å². The molecule has 0 amide bonds. The highest BCUT2D eigenvalue weighted by atomic mass is 35.5. The first-order valence-electron chi connectivity index (χ1n) is 5.11. The molecule has 1 aliphatic heterocycles. The Morgan fingerprint density at radius 2 is 2.21 bits per heavy atom. The predicted molar refractivity (Wildman–Crippen MR) is 68.1 cm³/mol. The Balaban J connectivity index is 2.04. The zero-order valence-electron chi connectivity index (χ0n) is 9.48. The maximum Gasteiger partial charge on any atom is 0.289 e. The third kappa shape index (κ3) is 3.29. The summed E-state index contributed by atoms with van der Waals surface area (Å²) in [5, 5.41) is 15.5. The van der Waals surface area contributed by atoms with Crippen LogP contribution in [0.1, 0.15) is 0 Å². The van der Waals surface area contributed by atoms with Crippen LogP contribution >= 0.6 is 11.6 Å². The average molecular weight is 308 g/mol. The van der Waals surface area contributed by atoms with Gasteiger partial charge in [0, 0.05) is 19.2 Å². The van der Waals surface area contributed by atoms with Crippen molar-refractivity contribution in [2.24, 2.45) is 5.14 Å². The zero-order chi connectivity index (χ0) is 14.2. The molecule has 1 aromatic heterocycles. The average Bonchev–Trinajstić information content (AvgIpc) is 2.22. The van der Waals surface area contributed by atoms with E-state index in [9.17, 15) is 18.5 Å². The van der Waals surface area contributed by atoms with Crippen LogP contribution in [0.15, 0.2) is 12.3 Å². The van der Waals surface area contributed by atoms with E-state index in [0.717, 1.165) is 6.20 Å². The molecule has 1 aliphatic rings. The van der Waals surface area contributed by atoms with Gasteiger partial charge in [0.2, 0.25) is 0 Å². The van der Waals surface area contributed by atoms with Gasteiger partial charge in [-0.15, -0.1) is 0 Å². The van der Waals surface area contributed by atoms with Gasteiger partial charge in [0.15, 0.2) is 0 Å². The minimum atomic E-state index is -3.74. The normalized spacial score (nSPS) is 16.2. The summed E-state index contributed by atoms with van der Waals surface area (Å²) in [7, 11) is -3.74. The summed E-state index contributed by atoms with van der Waals surface area (Å²) in [5.41, 5.74) is -0.200. The first kappa shape index (κ1) is 13.9. The molecule has 0 aromatic carbocycles. The molecule has 3 N–H and O–H groups in total. The second-order valence-corrected chi connectivity index (χ2v) is 5.75. The first-order valence-corrected chi connectivity index (χ1v) is 7.03. The highest BCUT2D eigenvalue weighted by Gasteiger charge is 2.31. The van der Waals surface area contributed by atoms with Crippen molar-refractivity contribution < 1.29 is 13.3 Å². The standard InChI is InChI=1S/C8H10ClN5O4S/c9-7-1-6(14(15)16)2-11-8(7)13-3-5(4-13)12-19(10,17)18/h1-2,5,12H,3-4H2,(H2,10,17,18). The maximum absolute atomic E-state index is 10.8. The van der Waals surface area contributed by atoms with Crippen LogP contribution in [-0.2, 0) is 10.2 Å². The zero-order valence-corrected chi connectivity index (χ0v) is 11.1. The van der Waals surface area contributed by atoms with Gasteiger partial charge in [0.1, 0.15) is 12.0 Å². The molecule has 1 aromatic rings.